The molecule has 5 rings (SSSR count). The van der Waals surface area contributed by atoms with E-state index in [9.17, 15) is 5.26 Å². The largest absolute Gasteiger partial charge is 0.337 e. The van der Waals surface area contributed by atoms with E-state index >= 15 is 0 Å². The van der Waals surface area contributed by atoms with Crippen LogP contribution in [-0.4, -0.2) is 24.7 Å². The van der Waals surface area contributed by atoms with E-state index in [0.717, 1.165) is 39.5 Å². The highest BCUT2D eigenvalue weighted by molar-refractivity contribution is 5.68. The molecule has 3 aromatic heterocycles. The van der Waals surface area contributed by atoms with Crippen LogP contribution in [0.3, 0.4) is 0 Å². The Morgan fingerprint density at radius 3 is 2.58 bits per heavy atom. The first kappa shape index (κ1) is 18.5. The normalized spacial score (nSPS) is 10.7. The minimum Gasteiger partial charge on any atom is -0.337 e. The monoisotopic (exact) mass is 402 g/mol. The Labute approximate surface area is 179 Å². The fraction of sp³-hybridized carbons (Fsp3) is 0.0400. The lowest BCUT2D eigenvalue weighted by Crippen LogP contribution is -2.01. The van der Waals surface area contributed by atoms with Crippen LogP contribution in [0.5, 0.6) is 0 Å². The van der Waals surface area contributed by atoms with Crippen LogP contribution in [0.1, 0.15) is 11.1 Å². The van der Waals surface area contributed by atoms with Crippen molar-refractivity contribution < 1.29 is 0 Å². The molecule has 3 heterocycles. The maximum Gasteiger partial charge on any atom is 0.156 e. The molecule has 2 aromatic carbocycles. The van der Waals surface area contributed by atoms with Gasteiger partial charge in [-0.3, -0.25) is 9.67 Å². The maximum atomic E-state index is 9.30. The van der Waals surface area contributed by atoms with Crippen molar-refractivity contribution in [3.05, 3.63) is 103 Å². The van der Waals surface area contributed by atoms with Crippen LogP contribution in [0.2, 0.25) is 0 Å². The molecule has 31 heavy (non-hydrogen) atoms. The summed E-state index contributed by atoms with van der Waals surface area (Å²) in [5.74, 6) is 0.719. The second kappa shape index (κ2) is 8.09. The van der Waals surface area contributed by atoms with E-state index in [1.54, 1.807) is 6.20 Å². The summed E-state index contributed by atoms with van der Waals surface area (Å²) in [5, 5.41) is 13.8. The summed E-state index contributed by atoms with van der Waals surface area (Å²) in [6.07, 6.45) is 7.40. The van der Waals surface area contributed by atoms with Crippen molar-refractivity contribution in [1.29, 1.82) is 5.26 Å². The molecule has 0 bridgehead atoms. The molecule has 0 unspecified atom stereocenters. The molecule has 6 heteroatoms. The van der Waals surface area contributed by atoms with Gasteiger partial charge in [-0.2, -0.15) is 10.4 Å². The number of nitrogens with one attached hydrogen (secondary N) is 1. The summed E-state index contributed by atoms with van der Waals surface area (Å²) in [6.45, 7) is 0.542. The quantitative estimate of drug-likeness (QED) is 0.452. The minimum atomic E-state index is 0.542. The summed E-state index contributed by atoms with van der Waals surface area (Å²) in [4.78, 5) is 12.3. The number of nitrogens with zero attached hydrogens (tertiary/aromatic N) is 5. The number of imidazole rings is 1. The molecule has 0 fully saturated rings. The Morgan fingerprint density at radius 1 is 0.871 bits per heavy atom. The number of aromatic nitrogens is 5. The van der Waals surface area contributed by atoms with Crippen molar-refractivity contribution in [2.45, 2.75) is 6.54 Å². The van der Waals surface area contributed by atoms with Gasteiger partial charge in [0.2, 0.25) is 0 Å². The van der Waals surface area contributed by atoms with Gasteiger partial charge >= 0.3 is 0 Å². The zero-order valence-corrected chi connectivity index (χ0v) is 16.6. The molecule has 0 aliphatic rings. The van der Waals surface area contributed by atoms with Crippen LogP contribution >= 0.6 is 0 Å². The van der Waals surface area contributed by atoms with E-state index in [1.807, 2.05) is 90.0 Å². The SMILES string of the molecule is N#Cc1ccccc1Cn1cc(-c2ccnc(-c3ncc(-c4ccccc4)[nH]3)c2)cn1. The Balaban J connectivity index is 1.40. The van der Waals surface area contributed by atoms with Crippen molar-refractivity contribution in [3.8, 4) is 40.0 Å². The van der Waals surface area contributed by atoms with E-state index in [2.05, 4.69) is 26.1 Å². The average Bonchev–Trinajstić information content (AvgIpc) is 3.51. The van der Waals surface area contributed by atoms with Gasteiger partial charge in [0.25, 0.3) is 0 Å². The number of rotatable bonds is 5. The van der Waals surface area contributed by atoms with Crippen molar-refractivity contribution >= 4 is 0 Å². The van der Waals surface area contributed by atoms with Gasteiger partial charge in [0.05, 0.1) is 36.3 Å². The lowest BCUT2D eigenvalue weighted by atomic mass is 10.1. The number of nitriles is 1. The summed E-state index contributed by atoms with van der Waals surface area (Å²) in [6, 6.07) is 23.8. The number of pyridine rings is 1. The number of hydrogen-bond acceptors (Lipinski definition) is 4. The molecule has 0 aliphatic carbocycles. The highest BCUT2D eigenvalue weighted by atomic mass is 15.3. The van der Waals surface area contributed by atoms with Crippen LogP contribution in [0, 0.1) is 11.3 Å². The fourth-order valence-electron chi connectivity index (χ4n) is 3.50. The van der Waals surface area contributed by atoms with Gasteiger partial charge in [0, 0.05) is 18.0 Å². The number of hydrogen-bond donors (Lipinski definition) is 1. The summed E-state index contributed by atoms with van der Waals surface area (Å²) in [5.41, 5.74) is 6.39. The van der Waals surface area contributed by atoms with E-state index in [1.165, 1.54) is 0 Å². The smallest absolute Gasteiger partial charge is 0.156 e. The third-order valence-electron chi connectivity index (χ3n) is 5.10. The van der Waals surface area contributed by atoms with E-state index < -0.39 is 0 Å². The molecule has 5 aromatic rings. The molecule has 0 saturated heterocycles. The standard InChI is InChI=1S/C25H18N6/c26-13-20-8-4-5-9-21(20)16-31-17-22(14-29-31)19-10-11-27-23(12-19)25-28-15-24(30-25)18-6-2-1-3-7-18/h1-12,14-15,17H,16H2,(H,28,30). The second-order valence-corrected chi connectivity index (χ2v) is 7.14. The van der Waals surface area contributed by atoms with Crippen LogP contribution in [0.4, 0.5) is 0 Å². The molecule has 0 atom stereocenters. The molecule has 0 spiro atoms. The molecular weight excluding hydrogens is 384 g/mol. The predicted molar refractivity (Wildman–Crippen MR) is 119 cm³/mol. The van der Waals surface area contributed by atoms with Crippen LogP contribution in [0.25, 0.3) is 33.9 Å². The zero-order chi connectivity index (χ0) is 21.0. The summed E-state index contributed by atoms with van der Waals surface area (Å²) in [7, 11) is 0. The number of aromatic amines is 1. The van der Waals surface area contributed by atoms with Crippen molar-refractivity contribution in [1.82, 2.24) is 24.7 Å². The third kappa shape index (κ3) is 3.85. The molecule has 0 saturated carbocycles. The van der Waals surface area contributed by atoms with E-state index in [-0.39, 0.29) is 0 Å². The predicted octanol–water partition coefficient (Wildman–Crippen LogP) is 4.92. The van der Waals surface area contributed by atoms with Crippen LogP contribution in [0.15, 0.2) is 91.5 Å². The van der Waals surface area contributed by atoms with Gasteiger partial charge in [0.15, 0.2) is 5.82 Å². The number of H-pyrrole nitrogens is 1. The topological polar surface area (TPSA) is 83.2 Å². The average molecular weight is 402 g/mol. The molecule has 6 nitrogen and oxygen atoms in total. The van der Waals surface area contributed by atoms with E-state index in [4.69, 9.17) is 0 Å². The molecule has 0 aliphatic heterocycles. The summed E-state index contributed by atoms with van der Waals surface area (Å²) < 4.78 is 1.84. The van der Waals surface area contributed by atoms with Gasteiger partial charge in [0.1, 0.15) is 5.69 Å². The first-order valence-electron chi connectivity index (χ1n) is 9.88. The van der Waals surface area contributed by atoms with Crippen LogP contribution < -0.4 is 0 Å². The lowest BCUT2D eigenvalue weighted by molar-refractivity contribution is 0.686. The first-order chi connectivity index (χ1) is 15.3. The van der Waals surface area contributed by atoms with Gasteiger partial charge in [-0.25, -0.2) is 4.98 Å². The van der Waals surface area contributed by atoms with Crippen molar-refractivity contribution in [2.24, 2.45) is 0 Å². The van der Waals surface area contributed by atoms with E-state index in [0.29, 0.717) is 12.1 Å². The highest BCUT2D eigenvalue weighted by Crippen LogP contribution is 2.25. The Kier molecular flexibility index (Phi) is 4.83. The maximum absolute atomic E-state index is 9.30. The van der Waals surface area contributed by atoms with Gasteiger partial charge in [-0.05, 0) is 34.9 Å². The Morgan fingerprint density at radius 2 is 1.71 bits per heavy atom. The zero-order valence-electron chi connectivity index (χ0n) is 16.6. The molecule has 0 amide bonds. The highest BCUT2D eigenvalue weighted by Gasteiger charge is 2.10. The van der Waals surface area contributed by atoms with Crippen molar-refractivity contribution in [3.63, 3.8) is 0 Å². The Bertz CT molecular complexity index is 1370. The molecule has 148 valence electrons. The molecular formula is C25H18N6. The van der Waals surface area contributed by atoms with Crippen LogP contribution in [-0.2, 0) is 6.54 Å². The molecule has 0 radical (unpaired) electrons. The fourth-order valence-corrected chi connectivity index (χ4v) is 3.50. The van der Waals surface area contributed by atoms with Gasteiger partial charge < -0.3 is 4.98 Å². The number of benzene rings is 2. The summed E-state index contributed by atoms with van der Waals surface area (Å²) >= 11 is 0. The van der Waals surface area contributed by atoms with Gasteiger partial charge in [-0.1, -0.05) is 48.5 Å². The Hall–Kier alpha value is -4.50. The molecule has 1 N–H and O–H groups in total. The first-order valence-corrected chi connectivity index (χ1v) is 9.88. The minimum absolute atomic E-state index is 0.542. The van der Waals surface area contributed by atoms with Gasteiger partial charge in [-0.15, -0.1) is 0 Å². The third-order valence-corrected chi connectivity index (χ3v) is 5.10. The lowest BCUT2D eigenvalue weighted by Gasteiger charge is -2.04. The second-order valence-electron chi connectivity index (χ2n) is 7.14. The van der Waals surface area contributed by atoms with Crippen molar-refractivity contribution in [2.75, 3.05) is 0 Å².